The zero-order valence-electron chi connectivity index (χ0n) is 10.4. The van der Waals surface area contributed by atoms with Gasteiger partial charge in [0.2, 0.25) is 0 Å². The van der Waals surface area contributed by atoms with E-state index in [-0.39, 0.29) is 5.97 Å². The minimum Gasteiger partial charge on any atom is -0.496 e. The number of esters is 1. The van der Waals surface area contributed by atoms with E-state index in [9.17, 15) is 4.79 Å². The molecular weight excluding hydrogens is 300 g/mol. The summed E-state index contributed by atoms with van der Waals surface area (Å²) in [5, 5.41) is 0. The number of ether oxygens (including phenoxy) is 3. The predicted molar refractivity (Wildman–Crippen MR) is 69.7 cm³/mol. The summed E-state index contributed by atoms with van der Waals surface area (Å²) in [6.45, 7) is 2.61. The van der Waals surface area contributed by atoms with Crippen LogP contribution in [0.1, 0.15) is 24.2 Å². The lowest BCUT2D eigenvalue weighted by Crippen LogP contribution is -2.26. The molecule has 0 spiro atoms. The molecule has 98 valence electrons. The number of carbonyl (C=O) groups is 1. The first-order valence-corrected chi connectivity index (χ1v) is 6.61. The Kier molecular flexibility index (Phi) is 4.24. The van der Waals surface area contributed by atoms with Gasteiger partial charge in [0.25, 0.3) is 0 Å². The molecule has 1 aliphatic heterocycles. The van der Waals surface area contributed by atoms with E-state index in [4.69, 9.17) is 14.2 Å². The number of hydrogen-bond donors (Lipinski definition) is 0. The summed E-state index contributed by atoms with van der Waals surface area (Å²) >= 11 is 3.46. The van der Waals surface area contributed by atoms with Crippen LogP contribution in [0.15, 0.2) is 16.6 Å². The molecule has 0 radical (unpaired) electrons. The Balaban J connectivity index is 2.45. The highest BCUT2D eigenvalue weighted by Crippen LogP contribution is 2.38. The summed E-state index contributed by atoms with van der Waals surface area (Å²) in [6.07, 6.45) is 0.0617. The highest BCUT2D eigenvalue weighted by Gasteiger charge is 2.32. The van der Waals surface area contributed by atoms with E-state index in [1.807, 2.05) is 12.1 Å². The molecule has 4 nitrogen and oxygen atoms in total. The van der Waals surface area contributed by atoms with Crippen LogP contribution in [-0.2, 0) is 20.7 Å². The van der Waals surface area contributed by atoms with E-state index in [1.54, 1.807) is 14.0 Å². The molecule has 0 N–H and O–H groups in total. The van der Waals surface area contributed by atoms with Gasteiger partial charge in [0.05, 0.1) is 20.3 Å². The van der Waals surface area contributed by atoms with Crippen LogP contribution in [0.5, 0.6) is 5.75 Å². The monoisotopic (exact) mass is 314 g/mol. The van der Waals surface area contributed by atoms with Crippen molar-refractivity contribution in [3.63, 3.8) is 0 Å². The third kappa shape index (κ3) is 2.37. The number of halogens is 1. The number of hydrogen-bond acceptors (Lipinski definition) is 4. The molecule has 0 saturated heterocycles. The number of benzene rings is 1. The Bertz CT molecular complexity index is 459. The Morgan fingerprint density at radius 2 is 2.33 bits per heavy atom. The van der Waals surface area contributed by atoms with Crippen LogP contribution >= 0.6 is 15.9 Å². The topological polar surface area (TPSA) is 44.8 Å². The molecule has 0 saturated carbocycles. The summed E-state index contributed by atoms with van der Waals surface area (Å²) in [7, 11) is 1.62. The second-order valence-electron chi connectivity index (χ2n) is 3.89. The predicted octanol–water partition coefficient (Wildman–Crippen LogP) is 2.63. The molecule has 0 amide bonds. The van der Waals surface area contributed by atoms with Gasteiger partial charge in [0.1, 0.15) is 5.75 Å². The van der Waals surface area contributed by atoms with Crippen molar-refractivity contribution in [1.29, 1.82) is 0 Å². The standard InChI is InChI=1S/C13H15BrO4/c1-3-17-13(15)12-11-8(6-7-18-12)10(16-2)5-4-9(11)14/h4-5,12H,3,6-7H2,1-2H3. The summed E-state index contributed by atoms with van der Waals surface area (Å²) in [4.78, 5) is 11.9. The molecule has 1 aromatic rings. The van der Waals surface area contributed by atoms with Crippen molar-refractivity contribution in [3.8, 4) is 5.75 Å². The van der Waals surface area contributed by atoms with Gasteiger partial charge in [-0.3, -0.25) is 0 Å². The Morgan fingerprint density at radius 1 is 1.56 bits per heavy atom. The van der Waals surface area contributed by atoms with Crippen molar-refractivity contribution in [2.45, 2.75) is 19.4 Å². The van der Waals surface area contributed by atoms with Gasteiger partial charge < -0.3 is 14.2 Å². The zero-order valence-corrected chi connectivity index (χ0v) is 12.0. The van der Waals surface area contributed by atoms with Crippen molar-refractivity contribution in [3.05, 3.63) is 27.7 Å². The van der Waals surface area contributed by atoms with Gasteiger partial charge in [0.15, 0.2) is 6.10 Å². The average molecular weight is 315 g/mol. The van der Waals surface area contributed by atoms with E-state index >= 15 is 0 Å². The molecule has 0 aromatic heterocycles. The van der Waals surface area contributed by atoms with Gasteiger partial charge in [-0.05, 0) is 25.5 Å². The molecule has 18 heavy (non-hydrogen) atoms. The molecule has 0 bridgehead atoms. The fraction of sp³-hybridized carbons (Fsp3) is 0.462. The normalized spacial score (nSPS) is 18.1. The fourth-order valence-corrected chi connectivity index (χ4v) is 2.69. The molecule has 1 atom stereocenters. The molecule has 1 heterocycles. The van der Waals surface area contributed by atoms with Crippen LogP contribution in [-0.4, -0.2) is 26.3 Å². The molecule has 1 unspecified atom stereocenters. The largest absolute Gasteiger partial charge is 0.496 e. The third-order valence-corrected chi connectivity index (χ3v) is 3.57. The lowest BCUT2D eigenvalue weighted by atomic mass is 9.96. The maximum Gasteiger partial charge on any atom is 0.339 e. The smallest absolute Gasteiger partial charge is 0.339 e. The van der Waals surface area contributed by atoms with E-state index < -0.39 is 6.10 Å². The van der Waals surface area contributed by atoms with Crippen molar-refractivity contribution in [2.75, 3.05) is 20.3 Å². The first kappa shape index (κ1) is 13.4. The number of fused-ring (bicyclic) bond motifs is 1. The summed E-state index contributed by atoms with van der Waals surface area (Å²) in [5.74, 6) is 0.429. The first-order valence-electron chi connectivity index (χ1n) is 5.82. The van der Waals surface area contributed by atoms with Crippen LogP contribution in [0.4, 0.5) is 0 Å². The van der Waals surface area contributed by atoms with E-state index in [2.05, 4.69) is 15.9 Å². The molecule has 2 rings (SSSR count). The van der Waals surface area contributed by atoms with Crippen molar-refractivity contribution in [1.82, 2.24) is 0 Å². The number of carbonyl (C=O) groups excluding carboxylic acids is 1. The van der Waals surface area contributed by atoms with E-state index in [0.29, 0.717) is 13.2 Å². The zero-order chi connectivity index (χ0) is 13.1. The third-order valence-electron chi connectivity index (χ3n) is 2.88. The van der Waals surface area contributed by atoms with Crippen LogP contribution in [0.25, 0.3) is 0 Å². The van der Waals surface area contributed by atoms with Crippen LogP contribution < -0.4 is 4.74 Å². The Labute approximate surface area is 114 Å². The fourth-order valence-electron chi connectivity index (χ4n) is 2.11. The highest BCUT2D eigenvalue weighted by atomic mass is 79.9. The molecule has 0 aliphatic carbocycles. The van der Waals surface area contributed by atoms with Crippen LogP contribution in [0.3, 0.4) is 0 Å². The van der Waals surface area contributed by atoms with Crippen LogP contribution in [0, 0.1) is 0 Å². The minimum absolute atomic E-state index is 0.343. The molecule has 0 fully saturated rings. The summed E-state index contributed by atoms with van der Waals surface area (Å²) in [5.41, 5.74) is 1.83. The first-order chi connectivity index (χ1) is 8.69. The van der Waals surface area contributed by atoms with Crippen molar-refractivity contribution < 1.29 is 19.0 Å². The van der Waals surface area contributed by atoms with Gasteiger partial charge in [-0.25, -0.2) is 4.79 Å². The van der Waals surface area contributed by atoms with Gasteiger partial charge in [-0.2, -0.15) is 0 Å². The van der Waals surface area contributed by atoms with E-state index in [0.717, 1.165) is 27.8 Å². The molecule has 1 aromatic carbocycles. The lowest BCUT2D eigenvalue weighted by Gasteiger charge is -2.27. The molecule has 1 aliphatic rings. The van der Waals surface area contributed by atoms with Gasteiger partial charge >= 0.3 is 5.97 Å². The van der Waals surface area contributed by atoms with Crippen molar-refractivity contribution >= 4 is 21.9 Å². The minimum atomic E-state index is -0.668. The molecular formula is C13H15BrO4. The van der Waals surface area contributed by atoms with Gasteiger partial charge in [0, 0.05) is 15.6 Å². The van der Waals surface area contributed by atoms with Crippen LogP contribution in [0.2, 0.25) is 0 Å². The lowest BCUT2D eigenvalue weighted by molar-refractivity contribution is -0.158. The average Bonchev–Trinajstić information content (AvgIpc) is 2.39. The second kappa shape index (κ2) is 5.71. The second-order valence-corrected chi connectivity index (χ2v) is 4.75. The van der Waals surface area contributed by atoms with Gasteiger partial charge in [-0.15, -0.1) is 0 Å². The summed E-state index contributed by atoms with van der Waals surface area (Å²) < 4.78 is 16.8. The SMILES string of the molecule is CCOC(=O)C1OCCc2c(OC)ccc(Br)c21. The molecule has 5 heteroatoms. The quantitative estimate of drug-likeness (QED) is 0.805. The number of methoxy groups -OCH3 is 1. The number of rotatable bonds is 3. The maximum atomic E-state index is 11.9. The Hall–Kier alpha value is -1.07. The highest BCUT2D eigenvalue weighted by molar-refractivity contribution is 9.10. The summed E-state index contributed by atoms with van der Waals surface area (Å²) in [6, 6.07) is 3.75. The maximum absolute atomic E-state index is 11.9. The Morgan fingerprint density at radius 3 is 3.00 bits per heavy atom. The van der Waals surface area contributed by atoms with E-state index in [1.165, 1.54) is 0 Å². The van der Waals surface area contributed by atoms with Gasteiger partial charge in [-0.1, -0.05) is 15.9 Å². The van der Waals surface area contributed by atoms with Crippen molar-refractivity contribution in [2.24, 2.45) is 0 Å².